The zero-order chi connectivity index (χ0) is 14.0. The Morgan fingerprint density at radius 3 is 2.68 bits per heavy atom. The van der Waals surface area contributed by atoms with E-state index in [1.165, 1.54) is 6.07 Å². The van der Waals surface area contributed by atoms with E-state index < -0.39 is 10.1 Å². The maximum Gasteiger partial charge on any atom is 0.295 e. The summed E-state index contributed by atoms with van der Waals surface area (Å²) in [5, 5.41) is 1.06. The first-order chi connectivity index (χ1) is 8.91. The summed E-state index contributed by atoms with van der Waals surface area (Å²) in [5.41, 5.74) is 6.10. The van der Waals surface area contributed by atoms with E-state index in [1.54, 1.807) is 30.3 Å². The van der Waals surface area contributed by atoms with Crippen molar-refractivity contribution in [3.63, 3.8) is 0 Å². The number of fused-ring (bicyclic) bond motifs is 1. The molecule has 2 rings (SSSR count). The number of hydrogen-bond acceptors (Lipinski definition) is 3. The Balaban J connectivity index is 2.64. The molecule has 0 radical (unpaired) electrons. The lowest BCUT2D eigenvalue weighted by molar-refractivity contribution is 0.484. The van der Waals surface area contributed by atoms with Crippen LogP contribution in [-0.2, 0) is 10.1 Å². The highest BCUT2D eigenvalue weighted by Gasteiger charge is 2.13. The lowest BCUT2D eigenvalue weighted by Gasteiger charge is -2.04. The molecule has 2 aromatic rings. The van der Waals surface area contributed by atoms with Crippen LogP contribution in [0.25, 0.3) is 10.8 Å². The SMILES string of the molecule is NC(CCl)=Nc1ccc2c(S(=O)(=O)O)cccc2c1. The molecule has 0 atom stereocenters. The van der Waals surface area contributed by atoms with Gasteiger partial charge < -0.3 is 5.73 Å². The van der Waals surface area contributed by atoms with Crippen LogP contribution in [0.15, 0.2) is 46.3 Å². The Labute approximate surface area is 115 Å². The van der Waals surface area contributed by atoms with E-state index >= 15 is 0 Å². The molecule has 0 spiro atoms. The van der Waals surface area contributed by atoms with Crippen molar-refractivity contribution >= 4 is 44.0 Å². The number of alkyl halides is 1. The minimum Gasteiger partial charge on any atom is -0.386 e. The number of nitrogens with zero attached hydrogens (tertiary/aromatic N) is 1. The number of hydrogen-bond donors (Lipinski definition) is 2. The molecular formula is C12H11ClN2O3S. The van der Waals surface area contributed by atoms with Crippen molar-refractivity contribution in [2.45, 2.75) is 4.90 Å². The van der Waals surface area contributed by atoms with Gasteiger partial charge in [-0.1, -0.05) is 18.2 Å². The smallest absolute Gasteiger partial charge is 0.295 e. The van der Waals surface area contributed by atoms with Gasteiger partial charge in [-0.15, -0.1) is 11.6 Å². The lowest BCUT2D eigenvalue weighted by Crippen LogP contribution is -2.12. The summed E-state index contributed by atoms with van der Waals surface area (Å²) in [6, 6.07) is 9.45. The minimum absolute atomic E-state index is 0.114. The first kappa shape index (κ1) is 13.8. The summed E-state index contributed by atoms with van der Waals surface area (Å²) in [4.78, 5) is 3.94. The van der Waals surface area contributed by atoms with Crippen LogP contribution in [0.5, 0.6) is 0 Å². The van der Waals surface area contributed by atoms with Crippen LogP contribution < -0.4 is 5.73 Å². The molecular weight excluding hydrogens is 288 g/mol. The highest BCUT2D eigenvalue weighted by atomic mass is 35.5. The van der Waals surface area contributed by atoms with Crippen molar-refractivity contribution in [2.75, 3.05) is 5.88 Å². The zero-order valence-electron chi connectivity index (χ0n) is 9.75. The summed E-state index contributed by atoms with van der Waals surface area (Å²) in [7, 11) is -4.25. The van der Waals surface area contributed by atoms with E-state index in [0.717, 1.165) is 0 Å². The topological polar surface area (TPSA) is 92.8 Å². The molecule has 5 nitrogen and oxygen atoms in total. The van der Waals surface area contributed by atoms with Gasteiger partial charge in [0.1, 0.15) is 10.7 Å². The number of nitrogens with two attached hydrogens (primary N) is 1. The van der Waals surface area contributed by atoms with Crippen molar-refractivity contribution < 1.29 is 13.0 Å². The summed E-state index contributed by atoms with van der Waals surface area (Å²) in [6.45, 7) is 0. The van der Waals surface area contributed by atoms with Crippen LogP contribution in [-0.4, -0.2) is 24.7 Å². The van der Waals surface area contributed by atoms with Crippen molar-refractivity contribution in [1.82, 2.24) is 0 Å². The van der Waals surface area contributed by atoms with Gasteiger partial charge in [-0.05, 0) is 23.6 Å². The predicted octanol–water partition coefficient (Wildman–Crippen LogP) is 2.31. The molecule has 19 heavy (non-hydrogen) atoms. The van der Waals surface area contributed by atoms with E-state index in [0.29, 0.717) is 16.5 Å². The van der Waals surface area contributed by atoms with E-state index in [4.69, 9.17) is 21.9 Å². The third kappa shape index (κ3) is 3.04. The number of benzene rings is 2. The molecule has 2 aromatic carbocycles. The zero-order valence-corrected chi connectivity index (χ0v) is 11.3. The molecule has 0 unspecified atom stereocenters. The van der Waals surface area contributed by atoms with Gasteiger partial charge in [0.15, 0.2) is 0 Å². The minimum atomic E-state index is -4.25. The normalized spacial score (nSPS) is 12.8. The number of aliphatic imine (C=N–C) groups is 1. The van der Waals surface area contributed by atoms with Crippen molar-refractivity contribution in [3.8, 4) is 0 Å². The van der Waals surface area contributed by atoms with Crippen molar-refractivity contribution in [1.29, 1.82) is 0 Å². The first-order valence-corrected chi connectivity index (χ1v) is 7.28. The fourth-order valence-electron chi connectivity index (χ4n) is 1.73. The van der Waals surface area contributed by atoms with Gasteiger partial charge in [0, 0.05) is 5.39 Å². The third-order valence-electron chi connectivity index (χ3n) is 2.51. The van der Waals surface area contributed by atoms with Crippen LogP contribution in [0.1, 0.15) is 0 Å². The number of rotatable bonds is 3. The number of halogens is 1. The number of amidine groups is 1. The van der Waals surface area contributed by atoms with Gasteiger partial charge in [0.25, 0.3) is 10.1 Å². The molecule has 0 saturated heterocycles. The average Bonchev–Trinajstić information content (AvgIpc) is 2.36. The quantitative estimate of drug-likeness (QED) is 0.393. The van der Waals surface area contributed by atoms with Crippen LogP contribution in [0.3, 0.4) is 0 Å². The Morgan fingerprint density at radius 1 is 1.32 bits per heavy atom. The fraction of sp³-hybridized carbons (Fsp3) is 0.0833. The van der Waals surface area contributed by atoms with Gasteiger partial charge in [0.2, 0.25) is 0 Å². The Morgan fingerprint density at radius 2 is 2.05 bits per heavy atom. The molecule has 7 heteroatoms. The summed E-state index contributed by atoms with van der Waals surface area (Å²) < 4.78 is 31.6. The van der Waals surface area contributed by atoms with Crippen molar-refractivity contribution in [3.05, 3.63) is 36.4 Å². The Bertz CT molecular complexity index is 757. The standard InChI is InChI=1S/C12H11ClN2O3S/c13-7-12(14)15-9-4-5-10-8(6-9)2-1-3-11(10)19(16,17)18/h1-6H,7H2,(H2,14,15)(H,16,17,18). The van der Waals surface area contributed by atoms with Crippen LogP contribution in [0.4, 0.5) is 5.69 Å². The second kappa shape index (κ2) is 5.16. The Hall–Kier alpha value is -1.63. The molecule has 0 aliphatic heterocycles. The molecule has 0 aliphatic rings. The van der Waals surface area contributed by atoms with E-state index in [1.807, 2.05) is 0 Å². The maximum absolute atomic E-state index is 11.2. The second-order valence-corrected chi connectivity index (χ2v) is 5.53. The van der Waals surface area contributed by atoms with Gasteiger partial charge in [0.05, 0.1) is 11.6 Å². The Kier molecular flexibility index (Phi) is 3.75. The summed E-state index contributed by atoms with van der Waals surface area (Å²) in [6.07, 6.45) is 0. The van der Waals surface area contributed by atoms with Gasteiger partial charge in [-0.25, -0.2) is 4.99 Å². The van der Waals surface area contributed by atoms with Crippen LogP contribution >= 0.6 is 11.6 Å². The predicted molar refractivity (Wildman–Crippen MR) is 75.8 cm³/mol. The van der Waals surface area contributed by atoms with E-state index in [2.05, 4.69) is 4.99 Å². The molecule has 100 valence electrons. The van der Waals surface area contributed by atoms with Gasteiger partial charge >= 0.3 is 0 Å². The van der Waals surface area contributed by atoms with Crippen LogP contribution in [0, 0.1) is 0 Å². The molecule has 0 aromatic heterocycles. The molecule has 0 fully saturated rings. The van der Waals surface area contributed by atoms with E-state index in [-0.39, 0.29) is 16.6 Å². The second-order valence-electron chi connectivity index (χ2n) is 3.87. The highest BCUT2D eigenvalue weighted by Crippen LogP contribution is 2.26. The lowest BCUT2D eigenvalue weighted by atomic mass is 10.1. The summed E-state index contributed by atoms with van der Waals surface area (Å²) >= 11 is 5.54. The molecule has 0 aliphatic carbocycles. The largest absolute Gasteiger partial charge is 0.386 e. The van der Waals surface area contributed by atoms with Gasteiger partial charge in [-0.2, -0.15) is 8.42 Å². The van der Waals surface area contributed by atoms with E-state index in [9.17, 15) is 8.42 Å². The maximum atomic E-state index is 11.2. The van der Waals surface area contributed by atoms with Crippen molar-refractivity contribution in [2.24, 2.45) is 10.7 Å². The third-order valence-corrected chi connectivity index (χ3v) is 3.70. The average molecular weight is 299 g/mol. The van der Waals surface area contributed by atoms with Crippen LogP contribution in [0.2, 0.25) is 0 Å². The van der Waals surface area contributed by atoms with Gasteiger partial charge in [-0.3, -0.25) is 4.55 Å². The first-order valence-electron chi connectivity index (χ1n) is 5.31. The monoisotopic (exact) mass is 298 g/mol. The molecule has 0 heterocycles. The molecule has 0 saturated carbocycles. The molecule has 0 amide bonds. The summed E-state index contributed by atoms with van der Waals surface area (Å²) in [5.74, 6) is 0.385. The molecule has 0 bridgehead atoms. The highest BCUT2D eigenvalue weighted by molar-refractivity contribution is 7.86. The molecule has 3 N–H and O–H groups in total. The fourth-order valence-corrected chi connectivity index (χ4v) is 2.51.